The topological polar surface area (TPSA) is 52.1 Å². The van der Waals surface area contributed by atoms with E-state index < -0.39 is 0 Å². The van der Waals surface area contributed by atoms with Crippen LogP contribution in [0.5, 0.6) is 0 Å². The van der Waals surface area contributed by atoms with E-state index in [-0.39, 0.29) is 0 Å². The average Bonchev–Trinajstić information content (AvgIpc) is 2.71. The van der Waals surface area contributed by atoms with E-state index in [1.807, 2.05) is 24.3 Å². The minimum atomic E-state index is 0.581. The highest BCUT2D eigenvalue weighted by molar-refractivity contribution is 5.76. The van der Waals surface area contributed by atoms with Crippen molar-refractivity contribution in [2.75, 3.05) is 7.05 Å². The molecule has 0 N–H and O–H groups in total. The number of aromatic nitrogens is 1. The van der Waals surface area contributed by atoms with Gasteiger partial charge in [-0.1, -0.05) is 0 Å². The molecule has 0 fully saturated rings. The third-order valence-corrected chi connectivity index (χ3v) is 1.92. The number of hydroxylamine groups is 1. The lowest BCUT2D eigenvalue weighted by molar-refractivity contribution is -0.416. The van der Waals surface area contributed by atoms with Crippen molar-refractivity contribution in [3.05, 3.63) is 47.5 Å². The molecule has 1 aromatic carbocycles. The molecule has 15 heavy (non-hydrogen) atoms. The highest BCUT2D eigenvalue weighted by Crippen LogP contribution is 2.16. The summed E-state index contributed by atoms with van der Waals surface area (Å²) < 4.78 is 5.91. The summed E-state index contributed by atoms with van der Waals surface area (Å²) in [7, 11) is 1.45. The van der Waals surface area contributed by atoms with Crippen LogP contribution in [0.3, 0.4) is 0 Å². The Morgan fingerprint density at radius 3 is 2.60 bits per heavy atom. The number of nitrogens with zero attached hydrogens (tertiary/aromatic N) is 2. The summed E-state index contributed by atoms with van der Waals surface area (Å²) in [6.45, 7) is 0. The van der Waals surface area contributed by atoms with Gasteiger partial charge in [-0.15, -0.1) is 0 Å². The average molecular weight is 202 g/mol. The molecule has 1 heterocycles. The van der Waals surface area contributed by atoms with Crippen molar-refractivity contribution in [3.63, 3.8) is 0 Å². The summed E-state index contributed by atoms with van der Waals surface area (Å²) in [6, 6.07) is 7.41. The summed E-state index contributed by atoms with van der Waals surface area (Å²) in [5.41, 5.74) is 1.74. The maximum Gasteiger partial charge on any atom is 0.225 e. The van der Waals surface area contributed by atoms with Crippen LogP contribution >= 0.6 is 0 Å². The maximum atomic E-state index is 10.8. The first-order valence-electron chi connectivity index (χ1n) is 4.50. The van der Waals surface area contributed by atoms with Crippen LogP contribution in [0.1, 0.15) is 5.56 Å². The van der Waals surface area contributed by atoms with Gasteiger partial charge >= 0.3 is 0 Å². The third kappa shape index (κ3) is 2.22. The van der Waals surface area contributed by atoms with Gasteiger partial charge in [-0.05, 0) is 24.3 Å². The Morgan fingerprint density at radius 1 is 1.33 bits per heavy atom. The number of rotatable bonds is 2. The largest absolute Gasteiger partial charge is 0.624 e. The van der Waals surface area contributed by atoms with Crippen molar-refractivity contribution in [2.24, 2.45) is 0 Å². The van der Waals surface area contributed by atoms with Gasteiger partial charge in [0.05, 0.1) is 6.20 Å². The van der Waals surface area contributed by atoms with Crippen molar-refractivity contribution in [1.82, 2.24) is 4.98 Å². The van der Waals surface area contributed by atoms with Crippen LogP contribution in [-0.2, 0) is 0 Å². The Bertz CT molecular complexity index is 454. The number of benzene rings is 1. The molecule has 0 aliphatic carbocycles. The molecule has 0 bridgehead atoms. The molecule has 0 aliphatic rings. The zero-order chi connectivity index (χ0) is 10.7. The summed E-state index contributed by atoms with van der Waals surface area (Å²) >= 11 is 0. The molecular formula is C11H10N2O2. The fourth-order valence-electron chi connectivity index (χ4n) is 1.29. The van der Waals surface area contributed by atoms with Gasteiger partial charge in [0.15, 0.2) is 6.21 Å². The molecule has 0 atom stereocenters. The molecule has 4 nitrogen and oxygen atoms in total. The lowest BCUT2D eigenvalue weighted by Gasteiger charge is -1.97. The van der Waals surface area contributed by atoms with Crippen LogP contribution in [0.15, 0.2) is 41.1 Å². The van der Waals surface area contributed by atoms with Gasteiger partial charge in [0.2, 0.25) is 5.89 Å². The van der Waals surface area contributed by atoms with E-state index in [9.17, 15) is 5.21 Å². The predicted octanol–water partition coefficient (Wildman–Crippen LogP) is 1.90. The maximum absolute atomic E-state index is 10.8. The molecular weight excluding hydrogens is 192 g/mol. The number of hydrogen-bond donors (Lipinski definition) is 0. The molecule has 2 aromatic rings. The first-order chi connectivity index (χ1) is 7.25. The molecule has 2 rings (SSSR count). The van der Waals surface area contributed by atoms with Crippen LogP contribution in [0.25, 0.3) is 11.5 Å². The van der Waals surface area contributed by atoms with Gasteiger partial charge in [0.25, 0.3) is 0 Å². The monoisotopic (exact) mass is 202 g/mol. The normalized spacial score (nSPS) is 11.7. The van der Waals surface area contributed by atoms with Gasteiger partial charge in [0.1, 0.15) is 13.3 Å². The number of oxazole rings is 1. The zero-order valence-electron chi connectivity index (χ0n) is 8.25. The Hall–Kier alpha value is -2.10. The second-order valence-electron chi connectivity index (χ2n) is 3.13. The number of hydrogen-bond acceptors (Lipinski definition) is 3. The highest BCUT2D eigenvalue weighted by Gasteiger charge is 2.01. The zero-order valence-corrected chi connectivity index (χ0v) is 8.25. The molecule has 0 saturated heterocycles. The van der Waals surface area contributed by atoms with Crippen molar-refractivity contribution >= 4 is 6.21 Å². The molecule has 0 aliphatic heterocycles. The van der Waals surface area contributed by atoms with Crippen LogP contribution in [0.4, 0.5) is 0 Å². The molecule has 0 unspecified atom stereocenters. The SMILES string of the molecule is C[N+]([O-])=Cc1ccc(-c2ncco2)cc1. The molecule has 1 aromatic heterocycles. The van der Waals surface area contributed by atoms with Crippen molar-refractivity contribution in [2.45, 2.75) is 0 Å². The first-order valence-corrected chi connectivity index (χ1v) is 4.50. The van der Waals surface area contributed by atoms with Crippen LogP contribution in [-0.4, -0.2) is 23.0 Å². The second-order valence-corrected chi connectivity index (χ2v) is 3.13. The minimum Gasteiger partial charge on any atom is -0.624 e. The second kappa shape index (κ2) is 3.96. The van der Waals surface area contributed by atoms with E-state index in [1.54, 1.807) is 6.20 Å². The minimum absolute atomic E-state index is 0.581. The van der Waals surface area contributed by atoms with Crippen molar-refractivity contribution in [1.29, 1.82) is 0 Å². The first kappa shape index (κ1) is 9.45. The van der Waals surface area contributed by atoms with E-state index >= 15 is 0 Å². The summed E-state index contributed by atoms with van der Waals surface area (Å²) in [5, 5.41) is 10.8. The van der Waals surface area contributed by atoms with E-state index in [0.717, 1.165) is 15.9 Å². The van der Waals surface area contributed by atoms with E-state index in [4.69, 9.17) is 4.42 Å². The molecule has 76 valence electrons. The molecule has 4 heteroatoms. The fraction of sp³-hybridized carbons (Fsp3) is 0.0909. The van der Waals surface area contributed by atoms with Crippen LogP contribution in [0.2, 0.25) is 0 Å². The predicted molar refractivity (Wildman–Crippen MR) is 56.7 cm³/mol. The van der Waals surface area contributed by atoms with Gasteiger partial charge in [-0.3, -0.25) is 0 Å². The third-order valence-electron chi connectivity index (χ3n) is 1.92. The molecule has 0 amide bonds. The standard InChI is InChI=1S/C11H10N2O2/c1-13(14)8-9-2-4-10(5-3-9)11-12-6-7-15-11/h2-8H,1H3. The molecule has 0 spiro atoms. The van der Waals surface area contributed by atoms with Gasteiger partial charge in [-0.25, -0.2) is 9.72 Å². The van der Waals surface area contributed by atoms with E-state index in [0.29, 0.717) is 5.89 Å². The Kier molecular flexibility index (Phi) is 2.49. The van der Waals surface area contributed by atoms with Crippen LogP contribution < -0.4 is 0 Å². The van der Waals surface area contributed by atoms with Crippen molar-refractivity contribution < 1.29 is 9.16 Å². The smallest absolute Gasteiger partial charge is 0.225 e. The summed E-state index contributed by atoms with van der Waals surface area (Å²) in [4.78, 5) is 4.03. The van der Waals surface area contributed by atoms with E-state index in [1.165, 1.54) is 19.5 Å². The lowest BCUT2D eigenvalue weighted by Crippen LogP contribution is -1.96. The van der Waals surface area contributed by atoms with Crippen LogP contribution in [0, 0.1) is 5.21 Å². The Labute approximate surface area is 87.1 Å². The van der Waals surface area contributed by atoms with Gasteiger partial charge in [0, 0.05) is 11.1 Å². The van der Waals surface area contributed by atoms with Crippen molar-refractivity contribution in [3.8, 4) is 11.5 Å². The van der Waals surface area contributed by atoms with Gasteiger partial charge < -0.3 is 9.62 Å². The lowest BCUT2D eigenvalue weighted by atomic mass is 10.1. The van der Waals surface area contributed by atoms with Gasteiger partial charge in [-0.2, -0.15) is 0 Å². The quantitative estimate of drug-likeness (QED) is 0.323. The van der Waals surface area contributed by atoms with E-state index in [2.05, 4.69) is 4.98 Å². The highest BCUT2D eigenvalue weighted by atomic mass is 16.5. The summed E-state index contributed by atoms with van der Waals surface area (Å²) in [6.07, 6.45) is 4.63. The Balaban J connectivity index is 2.29. The molecule has 0 radical (unpaired) electrons. The summed E-state index contributed by atoms with van der Waals surface area (Å²) in [5.74, 6) is 0.581. The molecule has 0 saturated carbocycles. The Morgan fingerprint density at radius 2 is 2.07 bits per heavy atom. The fourth-order valence-corrected chi connectivity index (χ4v) is 1.29.